The van der Waals surface area contributed by atoms with Gasteiger partial charge in [0.15, 0.2) is 0 Å². The number of aliphatic hydroxyl groups excluding tert-OH is 2. The first kappa shape index (κ1) is 26.8. The van der Waals surface area contributed by atoms with Gasteiger partial charge in [0.1, 0.15) is 11.5 Å². The van der Waals surface area contributed by atoms with E-state index in [4.69, 9.17) is 5.11 Å². The first-order valence-electron chi connectivity index (χ1n) is 11.7. The van der Waals surface area contributed by atoms with Crippen LogP contribution in [0.2, 0.25) is 0 Å². The molecule has 4 N–H and O–H groups in total. The number of hydrogen-bond donors (Lipinski definition) is 4. The third-order valence-corrected chi connectivity index (χ3v) is 5.80. The number of carboxylic acid groups (broad SMARTS) is 1. The number of halogens is 1. The van der Waals surface area contributed by atoms with Gasteiger partial charge in [0.25, 0.3) is 5.91 Å². The number of carboxylic acids is 1. The maximum absolute atomic E-state index is 13.8. The molecule has 3 aromatic rings. The minimum absolute atomic E-state index is 0.162. The normalized spacial score (nSPS) is 13.2. The molecule has 8 heteroatoms. The second kappa shape index (κ2) is 11.8. The number of rotatable bonds is 10. The Morgan fingerprint density at radius 3 is 2.17 bits per heavy atom. The van der Waals surface area contributed by atoms with E-state index in [-0.39, 0.29) is 18.4 Å². The molecule has 0 aliphatic rings. The Bertz CT molecular complexity index is 1230. The van der Waals surface area contributed by atoms with Crippen LogP contribution < -0.4 is 5.32 Å². The summed E-state index contributed by atoms with van der Waals surface area (Å²) in [6.45, 7) is 3.86. The van der Waals surface area contributed by atoms with Crippen LogP contribution >= 0.6 is 0 Å². The zero-order chi connectivity index (χ0) is 26.4. The zero-order valence-electron chi connectivity index (χ0n) is 20.5. The highest BCUT2D eigenvalue weighted by molar-refractivity contribution is 6.06. The van der Waals surface area contributed by atoms with Crippen molar-refractivity contribution in [3.8, 4) is 22.3 Å². The lowest BCUT2D eigenvalue weighted by Crippen LogP contribution is -2.23. The van der Waals surface area contributed by atoms with Crippen LogP contribution in [0.15, 0.2) is 60.7 Å². The van der Waals surface area contributed by atoms with Gasteiger partial charge in [0.05, 0.1) is 18.6 Å². The van der Waals surface area contributed by atoms with Gasteiger partial charge >= 0.3 is 5.97 Å². The van der Waals surface area contributed by atoms with E-state index in [1.54, 1.807) is 25.3 Å². The molecular formula is C28H31FN2O5. The van der Waals surface area contributed by atoms with Crippen molar-refractivity contribution in [2.24, 2.45) is 0 Å². The average Bonchev–Trinajstić information content (AvgIpc) is 3.18. The number of aromatic nitrogens is 1. The maximum atomic E-state index is 13.8. The Labute approximate surface area is 209 Å². The Hall–Kier alpha value is -3.75. The molecule has 1 amide bonds. The minimum Gasteiger partial charge on any atom is -0.481 e. The number of nitrogens with one attached hydrogen (secondary N) is 1. The topological polar surface area (TPSA) is 112 Å². The van der Waals surface area contributed by atoms with Crippen LogP contribution in [0.1, 0.15) is 48.9 Å². The van der Waals surface area contributed by atoms with Crippen molar-refractivity contribution in [1.82, 2.24) is 9.88 Å². The fourth-order valence-corrected chi connectivity index (χ4v) is 4.29. The third-order valence-electron chi connectivity index (χ3n) is 5.80. The van der Waals surface area contributed by atoms with Gasteiger partial charge in [-0.15, -0.1) is 0 Å². The van der Waals surface area contributed by atoms with E-state index >= 15 is 0 Å². The Balaban J connectivity index is 2.28. The smallest absolute Gasteiger partial charge is 0.305 e. The van der Waals surface area contributed by atoms with Gasteiger partial charge in [0, 0.05) is 36.3 Å². The lowest BCUT2D eigenvalue weighted by molar-refractivity contribution is -0.139. The molecule has 1 aromatic heterocycles. The summed E-state index contributed by atoms with van der Waals surface area (Å²) in [4.78, 5) is 24.1. The van der Waals surface area contributed by atoms with Crippen LogP contribution in [-0.4, -0.2) is 51.0 Å². The summed E-state index contributed by atoms with van der Waals surface area (Å²) in [7, 11) is 1.55. The number of aliphatic carboxylic acids is 1. The van der Waals surface area contributed by atoms with Crippen LogP contribution in [0.5, 0.6) is 0 Å². The minimum atomic E-state index is -1.21. The summed E-state index contributed by atoms with van der Waals surface area (Å²) in [6, 6.07) is 15.2. The number of aliphatic hydroxyl groups is 2. The van der Waals surface area contributed by atoms with Crippen molar-refractivity contribution in [2.45, 2.75) is 44.9 Å². The van der Waals surface area contributed by atoms with E-state index in [2.05, 4.69) is 5.32 Å². The molecule has 0 saturated heterocycles. The largest absolute Gasteiger partial charge is 0.481 e. The van der Waals surface area contributed by atoms with Crippen LogP contribution in [0, 0.1) is 5.82 Å². The van der Waals surface area contributed by atoms with Crippen LogP contribution in [0.4, 0.5) is 4.39 Å². The lowest BCUT2D eigenvalue weighted by atomic mass is 9.94. The molecule has 2 atom stereocenters. The second-order valence-corrected chi connectivity index (χ2v) is 8.81. The first-order valence-corrected chi connectivity index (χ1v) is 11.7. The molecule has 0 radical (unpaired) electrons. The SMILES string of the molecule is CNC(=O)c1c(-c2ccccc2)c(-c2ccc(F)cc2)c(/C=C/[C@@H](O)C[C@@H](O)CC(=O)O)n1C(C)C. The molecule has 0 saturated carbocycles. The molecule has 0 spiro atoms. The standard InChI is InChI=1S/C28H31FN2O5/c1-17(2)31-23(14-13-21(32)15-22(33)16-24(34)35)25(19-9-11-20(29)12-10-19)26(27(31)28(36)30-3)18-7-5-4-6-8-18/h4-14,17,21-22,32-33H,15-16H2,1-3H3,(H,30,36)(H,34,35)/b14-13+/t21-,22-/m1/s1. The molecule has 3 rings (SSSR count). The molecule has 7 nitrogen and oxygen atoms in total. The van der Waals surface area contributed by atoms with E-state index in [1.807, 2.05) is 48.7 Å². The monoisotopic (exact) mass is 494 g/mol. The molecule has 0 aliphatic heterocycles. The van der Waals surface area contributed by atoms with Gasteiger partial charge < -0.3 is 25.2 Å². The Kier molecular flexibility index (Phi) is 8.79. The lowest BCUT2D eigenvalue weighted by Gasteiger charge is -2.16. The van der Waals surface area contributed by atoms with Gasteiger partial charge in [0.2, 0.25) is 0 Å². The maximum Gasteiger partial charge on any atom is 0.305 e. The highest BCUT2D eigenvalue weighted by atomic mass is 19.1. The molecule has 2 aromatic carbocycles. The number of carbonyl (C=O) groups is 2. The van der Waals surface area contributed by atoms with Crippen molar-refractivity contribution in [3.05, 3.63) is 77.9 Å². The highest BCUT2D eigenvalue weighted by Gasteiger charge is 2.29. The second-order valence-electron chi connectivity index (χ2n) is 8.81. The summed E-state index contributed by atoms with van der Waals surface area (Å²) in [5.41, 5.74) is 3.85. The quantitative estimate of drug-likeness (QED) is 0.332. The van der Waals surface area contributed by atoms with Gasteiger partial charge in [-0.05, 0) is 43.2 Å². The Morgan fingerprint density at radius 2 is 1.61 bits per heavy atom. The molecule has 36 heavy (non-hydrogen) atoms. The average molecular weight is 495 g/mol. The molecule has 0 unspecified atom stereocenters. The number of nitrogens with zero attached hydrogens (tertiary/aromatic N) is 1. The summed E-state index contributed by atoms with van der Waals surface area (Å²) in [6.07, 6.45) is 0.152. The van der Waals surface area contributed by atoms with E-state index in [0.717, 1.165) is 5.56 Å². The summed E-state index contributed by atoms with van der Waals surface area (Å²) in [5.74, 6) is -1.86. The Morgan fingerprint density at radius 1 is 1.00 bits per heavy atom. The van der Waals surface area contributed by atoms with Gasteiger partial charge in [-0.25, -0.2) is 4.39 Å². The van der Waals surface area contributed by atoms with Gasteiger partial charge in [-0.1, -0.05) is 48.5 Å². The first-order chi connectivity index (χ1) is 17.1. The van der Waals surface area contributed by atoms with Crippen molar-refractivity contribution in [3.63, 3.8) is 0 Å². The summed E-state index contributed by atoms with van der Waals surface area (Å²) < 4.78 is 15.7. The van der Waals surface area contributed by atoms with Crippen LogP contribution in [0.25, 0.3) is 28.3 Å². The highest BCUT2D eigenvalue weighted by Crippen LogP contribution is 2.42. The number of amides is 1. The number of hydrogen-bond acceptors (Lipinski definition) is 4. The van der Waals surface area contributed by atoms with E-state index in [0.29, 0.717) is 28.1 Å². The molecule has 1 heterocycles. The van der Waals surface area contributed by atoms with Crippen LogP contribution in [-0.2, 0) is 4.79 Å². The predicted octanol–water partition coefficient (Wildman–Crippen LogP) is 4.50. The fourth-order valence-electron chi connectivity index (χ4n) is 4.29. The number of carbonyl (C=O) groups excluding carboxylic acids is 1. The van der Waals surface area contributed by atoms with Crippen molar-refractivity contribution >= 4 is 18.0 Å². The number of benzene rings is 2. The van der Waals surface area contributed by atoms with E-state index in [9.17, 15) is 24.2 Å². The predicted molar refractivity (Wildman–Crippen MR) is 137 cm³/mol. The summed E-state index contributed by atoms with van der Waals surface area (Å²) >= 11 is 0. The molecular weight excluding hydrogens is 463 g/mol. The molecule has 0 bridgehead atoms. The van der Waals surface area contributed by atoms with Crippen LogP contribution in [0.3, 0.4) is 0 Å². The van der Waals surface area contributed by atoms with Crippen molar-refractivity contribution in [2.75, 3.05) is 7.05 Å². The molecule has 0 fully saturated rings. The molecule has 190 valence electrons. The molecule has 0 aliphatic carbocycles. The fraction of sp³-hybridized carbons (Fsp3) is 0.286. The van der Waals surface area contributed by atoms with E-state index < -0.39 is 30.4 Å². The van der Waals surface area contributed by atoms with Crippen molar-refractivity contribution in [1.29, 1.82) is 0 Å². The summed E-state index contributed by atoms with van der Waals surface area (Å²) in [5, 5.41) is 32.0. The van der Waals surface area contributed by atoms with Gasteiger partial charge in [-0.2, -0.15) is 0 Å². The zero-order valence-corrected chi connectivity index (χ0v) is 20.5. The van der Waals surface area contributed by atoms with Crippen molar-refractivity contribution < 1.29 is 29.3 Å². The third kappa shape index (κ3) is 6.08. The van der Waals surface area contributed by atoms with Gasteiger partial charge in [-0.3, -0.25) is 9.59 Å². The van der Waals surface area contributed by atoms with E-state index in [1.165, 1.54) is 18.2 Å².